The molecule has 2 N–H and O–H groups in total. The van der Waals surface area contributed by atoms with Crippen LogP contribution in [-0.4, -0.2) is 18.6 Å². The van der Waals surface area contributed by atoms with Gasteiger partial charge in [-0.05, 0) is 12.8 Å². The van der Waals surface area contributed by atoms with Crippen molar-refractivity contribution in [2.45, 2.75) is 129 Å². The molecule has 25 heavy (non-hydrogen) atoms. The van der Waals surface area contributed by atoms with Crippen molar-refractivity contribution in [1.29, 1.82) is 0 Å². The molecular weight excluding hydrogens is 310 g/mol. The third-order valence-electron chi connectivity index (χ3n) is 4.91. The van der Waals surface area contributed by atoms with Crippen LogP contribution in [0, 0.1) is 0 Å². The molecule has 1 unspecified atom stereocenters. The highest BCUT2D eigenvalue weighted by Crippen LogP contribution is 2.13. The van der Waals surface area contributed by atoms with Gasteiger partial charge in [-0.25, -0.2) is 0 Å². The molecule has 3 nitrogen and oxygen atoms in total. The Bertz CT molecular complexity index is 281. The first kappa shape index (κ1) is 24.4. The maximum Gasteiger partial charge on any atom is 0.322 e. The second kappa shape index (κ2) is 19.8. The summed E-state index contributed by atoms with van der Waals surface area (Å²) in [5.74, 6) is -0.219. The average molecular weight is 356 g/mol. The molecule has 150 valence electrons. The summed E-state index contributed by atoms with van der Waals surface area (Å²) in [6.07, 6.45) is 21.6. The first-order valence-corrected chi connectivity index (χ1v) is 11.1. The maximum absolute atomic E-state index is 11.6. The Balaban J connectivity index is 3.17. The van der Waals surface area contributed by atoms with Gasteiger partial charge >= 0.3 is 5.97 Å². The number of hydrogen-bond donors (Lipinski definition) is 1. The zero-order valence-electron chi connectivity index (χ0n) is 17.2. The van der Waals surface area contributed by atoms with Crippen molar-refractivity contribution in [3.8, 4) is 0 Å². The second-order valence-corrected chi connectivity index (χ2v) is 7.51. The summed E-state index contributed by atoms with van der Waals surface area (Å²) < 4.78 is 5.24. The largest absolute Gasteiger partial charge is 0.465 e. The van der Waals surface area contributed by atoms with E-state index < -0.39 is 6.04 Å². The van der Waals surface area contributed by atoms with E-state index in [1.165, 1.54) is 77.0 Å². The lowest BCUT2D eigenvalue weighted by molar-refractivity contribution is -0.145. The molecule has 0 amide bonds. The lowest BCUT2D eigenvalue weighted by Crippen LogP contribution is -2.32. The molecule has 0 fully saturated rings. The van der Waals surface area contributed by atoms with Crippen molar-refractivity contribution >= 4 is 5.97 Å². The fourth-order valence-corrected chi connectivity index (χ4v) is 3.12. The molecule has 0 aromatic heterocycles. The van der Waals surface area contributed by atoms with Crippen LogP contribution in [0.2, 0.25) is 0 Å². The van der Waals surface area contributed by atoms with E-state index in [9.17, 15) is 4.79 Å². The average Bonchev–Trinajstić information content (AvgIpc) is 2.62. The van der Waals surface area contributed by atoms with Crippen molar-refractivity contribution < 1.29 is 9.53 Å². The number of rotatable bonds is 19. The summed E-state index contributed by atoms with van der Waals surface area (Å²) in [5.41, 5.74) is 5.79. The van der Waals surface area contributed by atoms with Crippen LogP contribution in [0.25, 0.3) is 0 Å². The van der Waals surface area contributed by atoms with Crippen molar-refractivity contribution in [3.05, 3.63) is 0 Å². The van der Waals surface area contributed by atoms with Crippen LogP contribution in [-0.2, 0) is 9.53 Å². The topological polar surface area (TPSA) is 52.3 Å². The van der Waals surface area contributed by atoms with E-state index >= 15 is 0 Å². The van der Waals surface area contributed by atoms with Gasteiger partial charge in [0.05, 0.1) is 6.61 Å². The monoisotopic (exact) mass is 355 g/mol. The summed E-state index contributed by atoms with van der Waals surface area (Å²) >= 11 is 0. The molecule has 3 heteroatoms. The Morgan fingerprint density at radius 2 is 1.08 bits per heavy atom. The van der Waals surface area contributed by atoms with E-state index in [1.807, 2.05) is 0 Å². The molecule has 0 bridgehead atoms. The Kier molecular flexibility index (Phi) is 19.3. The highest BCUT2D eigenvalue weighted by atomic mass is 16.5. The quantitative estimate of drug-likeness (QED) is 0.212. The molecule has 0 heterocycles. The molecule has 0 aliphatic rings. The van der Waals surface area contributed by atoms with Crippen LogP contribution in [0.5, 0.6) is 0 Å². The van der Waals surface area contributed by atoms with Crippen LogP contribution in [0.3, 0.4) is 0 Å². The van der Waals surface area contributed by atoms with Gasteiger partial charge in [0.15, 0.2) is 0 Å². The van der Waals surface area contributed by atoms with Crippen LogP contribution in [0.4, 0.5) is 0 Å². The van der Waals surface area contributed by atoms with Crippen molar-refractivity contribution in [2.24, 2.45) is 5.73 Å². The number of ether oxygens (including phenoxy) is 1. The van der Waals surface area contributed by atoms with Gasteiger partial charge in [-0.3, -0.25) is 4.79 Å². The predicted octanol–water partition coefficient (Wildman–Crippen LogP) is 6.53. The fraction of sp³-hybridized carbons (Fsp3) is 0.955. The van der Waals surface area contributed by atoms with Gasteiger partial charge in [0.25, 0.3) is 0 Å². The predicted molar refractivity (Wildman–Crippen MR) is 109 cm³/mol. The minimum atomic E-state index is -0.424. The van der Waals surface area contributed by atoms with E-state index in [-0.39, 0.29) is 5.97 Å². The number of hydrogen-bond acceptors (Lipinski definition) is 3. The Morgan fingerprint density at radius 1 is 0.680 bits per heavy atom. The Labute approximate surface area is 157 Å². The number of esters is 1. The molecule has 0 saturated carbocycles. The van der Waals surface area contributed by atoms with Gasteiger partial charge in [0.1, 0.15) is 6.04 Å². The van der Waals surface area contributed by atoms with E-state index in [0.717, 1.165) is 32.1 Å². The third kappa shape index (κ3) is 18.0. The molecule has 0 radical (unpaired) electrons. The van der Waals surface area contributed by atoms with Gasteiger partial charge in [-0.2, -0.15) is 0 Å². The smallest absolute Gasteiger partial charge is 0.322 e. The number of nitrogens with two attached hydrogens (primary N) is 1. The van der Waals surface area contributed by atoms with Gasteiger partial charge < -0.3 is 10.5 Å². The molecule has 1 atom stereocenters. The maximum atomic E-state index is 11.6. The van der Waals surface area contributed by atoms with E-state index in [4.69, 9.17) is 10.5 Å². The minimum Gasteiger partial charge on any atom is -0.465 e. The van der Waals surface area contributed by atoms with Crippen LogP contribution in [0.15, 0.2) is 0 Å². The van der Waals surface area contributed by atoms with Crippen LogP contribution < -0.4 is 5.73 Å². The normalized spacial score (nSPS) is 12.3. The lowest BCUT2D eigenvalue weighted by Gasteiger charge is -2.10. The van der Waals surface area contributed by atoms with Gasteiger partial charge in [0, 0.05) is 0 Å². The molecule has 0 aliphatic carbocycles. The number of unbranched alkanes of at least 4 members (excludes halogenated alkanes) is 14. The summed E-state index contributed by atoms with van der Waals surface area (Å²) in [5, 5.41) is 0. The lowest BCUT2D eigenvalue weighted by atomic mass is 10.0. The van der Waals surface area contributed by atoms with Crippen LogP contribution in [0.1, 0.15) is 123 Å². The standard InChI is InChI=1S/C22H45NO2/c1-3-5-7-8-9-10-11-12-13-14-15-16-17-18-20-25-22(24)21(23)19-6-4-2/h21H,3-20,23H2,1-2H3. The third-order valence-corrected chi connectivity index (χ3v) is 4.91. The summed E-state index contributed by atoms with van der Waals surface area (Å²) in [7, 11) is 0. The Hall–Kier alpha value is -0.570. The number of carbonyl (C=O) groups excluding carboxylic acids is 1. The van der Waals surface area contributed by atoms with E-state index in [0.29, 0.717) is 6.61 Å². The molecular formula is C22H45NO2. The molecule has 0 spiro atoms. The fourth-order valence-electron chi connectivity index (χ4n) is 3.12. The first-order valence-electron chi connectivity index (χ1n) is 11.1. The van der Waals surface area contributed by atoms with Gasteiger partial charge in [-0.15, -0.1) is 0 Å². The Morgan fingerprint density at radius 3 is 1.52 bits per heavy atom. The zero-order valence-corrected chi connectivity index (χ0v) is 17.2. The molecule has 0 rings (SSSR count). The van der Waals surface area contributed by atoms with Crippen molar-refractivity contribution in [1.82, 2.24) is 0 Å². The second-order valence-electron chi connectivity index (χ2n) is 7.51. The highest BCUT2D eigenvalue weighted by molar-refractivity contribution is 5.75. The SMILES string of the molecule is CCCCCCCCCCCCCCCCOC(=O)C(N)CCCC. The summed E-state index contributed by atoms with van der Waals surface area (Å²) in [6.45, 7) is 4.92. The zero-order chi connectivity index (χ0) is 18.6. The van der Waals surface area contributed by atoms with E-state index in [2.05, 4.69) is 13.8 Å². The molecule has 0 aliphatic heterocycles. The molecule has 0 aromatic rings. The van der Waals surface area contributed by atoms with Crippen molar-refractivity contribution in [2.75, 3.05) is 6.61 Å². The summed E-state index contributed by atoms with van der Waals surface area (Å²) in [4.78, 5) is 11.6. The van der Waals surface area contributed by atoms with Crippen LogP contribution >= 0.6 is 0 Å². The van der Waals surface area contributed by atoms with E-state index in [1.54, 1.807) is 0 Å². The van der Waals surface area contributed by atoms with Gasteiger partial charge in [0.2, 0.25) is 0 Å². The first-order chi connectivity index (χ1) is 12.2. The number of carbonyl (C=O) groups is 1. The highest BCUT2D eigenvalue weighted by Gasteiger charge is 2.13. The summed E-state index contributed by atoms with van der Waals surface area (Å²) in [6, 6.07) is -0.424. The van der Waals surface area contributed by atoms with Crippen molar-refractivity contribution in [3.63, 3.8) is 0 Å². The molecule has 0 saturated heterocycles. The van der Waals surface area contributed by atoms with Gasteiger partial charge in [-0.1, -0.05) is 110 Å². The molecule has 0 aromatic carbocycles. The minimum absolute atomic E-state index is 0.219.